The Labute approximate surface area is 202 Å². The van der Waals surface area contributed by atoms with Gasteiger partial charge in [-0.3, -0.25) is 4.79 Å². The molecule has 5 nitrogen and oxygen atoms in total. The third kappa shape index (κ3) is 12.0. The van der Waals surface area contributed by atoms with Crippen molar-refractivity contribution in [1.82, 2.24) is 0 Å². The molecule has 0 radical (unpaired) electrons. The Morgan fingerprint density at radius 2 is 1.33 bits per heavy atom. The van der Waals surface area contributed by atoms with Crippen LogP contribution in [0.4, 0.5) is 5.69 Å². The number of unbranched alkanes of at least 4 members (excludes halogenated alkanes) is 10. The Morgan fingerprint density at radius 1 is 0.818 bits per heavy atom. The largest absolute Gasteiger partial charge is 0.496 e. The quantitative estimate of drug-likeness (QED) is 0.168. The van der Waals surface area contributed by atoms with Gasteiger partial charge in [-0.15, -0.1) is 0 Å². The fraction of sp³-hybridized carbons (Fsp3) is 0.679. The summed E-state index contributed by atoms with van der Waals surface area (Å²) in [5, 5.41) is 2.98. The highest BCUT2D eigenvalue weighted by Crippen LogP contribution is 2.39. The first kappa shape index (κ1) is 28.9. The number of allylic oxidation sites excluding steroid dienone is 2. The number of nitrogens with one attached hydrogen (secondary N) is 1. The van der Waals surface area contributed by atoms with E-state index in [1.165, 1.54) is 64.2 Å². The average Bonchev–Trinajstić information content (AvgIpc) is 2.83. The van der Waals surface area contributed by atoms with E-state index in [4.69, 9.17) is 14.2 Å². The Kier molecular flexibility index (Phi) is 16.0. The van der Waals surface area contributed by atoms with Crippen LogP contribution < -0.4 is 19.5 Å². The van der Waals surface area contributed by atoms with Gasteiger partial charge < -0.3 is 19.5 Å². The summed E-state index contributed by atoms with van der Waals surface area (Å²) in [6, 6.07) is 3.48. The van der Waals surface area contributed by atoms with Gasteiger partial charge in [0.1, 0.15) is 22.9 Å². The lowest BCUT2D eigenvalue weighted by Gasteiger charge is -2.18. The minimum atomic E-state index is -0.0706. The van der Waals surface area contributed by atoms with Crippen molar-refractivity contribution >= 4 is 11.6 Å². The maximum absolute atomic E-state index is 12.7. The molecule has 1 aromatic carbocycles. The molecule has 0 spiro atoms. The summed E-state index contributed by atoms with van der Waals surface area (Å²) in [5.41, 5.74) is 0.547. The number of hydrogen-bond acceptors (Lipinski definition) is 4. The molecule has 0 bridgehead atoms. The number of methoxy groups -OCH3 is 3. The first-order valence-electron chi connectivity index (χ1n) is 12.8. The summed E-state index contributed by atoms with van der Waals surface area (Å²) in [7, 11) is 4.72. The first-order chi connectivity index (χ1) is 16.1. The highest BCUT2D eigenvalue weighted by molar-refractivity contribution is 5.95. The van der Waals surface area contributed by atoms with Gasteiger partial charge in [0.05, 0.1) is 21.3 Å². The highest BCUT2D eigenvalue weighted by atomic mass is 16.5. The molecule has 0 aliphatic carbocycles. The van der Waals surface area contributed by atoms with Crippen molar-refractivity contribution in [2.75, 3.05) is 26.6 Å². The van der Waals surface area contributed by atoms with E-state index in [1.807, 2.05) is 6.92 Å². The second kappa shape index (κ2) is 18.3. The Bertz CT molecular complexity index is 661. The maximum Gasteiger partial charge on any atom is 0.227 e. The van der Waals surface area contributed by atoms with E-state index in [0.717, 1.165) is 19.3 Å². The molecule has 0 heterocycles. The zero-order valence-electron chi connectivity index (χ0n) is 21.7. The predicted molar refractivity (Wildman–Crippen MR) is 139 cm³/mol. The van der Waals surface area contributed by atoms with Gasteiger partial charge in [-0.05, 0) is 32.1 Å². The summed E-state index contributed by atoms with van der Waals surface area (Å²) in [5.74, 6) is 1.58. The fourth-order valence-corrected chi connectivity index (χ4v) is 3.85. The van der Waals surface area contributed by atoms with Crippen LogP contribution in [0.2, 0.25) is 0 Å². The lowest BCUT2D eigenvalue weighted by atomic mass is 10.0. The van der Waals surface area contributed by atoms with Crippen molar-refractivity contribution in [3.63, 3.8) is 0 Å². The Balaban J connectivity index is 2.22. The minimum Gasteiger partial charge on any atom is -0.496 e. The average molecular weight is 462 g/mol. The fourth-order valence-electron chi connectivity index (χ4n) is 3.85. The van der Waals surface area contributed by atoms with Crippen molar-refractivity contribution in [3.05, 3.63) is 24.3 Å². The number of amides is 1. The van der Waals surface area contributed by atoms with Gasteiger partial charge in [0.25, 0.3) is 0 Å². The van der Waals surface area contributed by atoms with Crippen LogP contribution in [-0.4, -0.2) is 27.2 Å². The summed E-state index contributed by atoms with van der Waals surface area (Å²) in [4.78, 5) is 12.7. The molecule has 1 atom stereocenters. The van der Waals surface area contributed by atoms with Crippen LogP contribution in [0.5, 0.6) is 17.2 Å². The van der Waals surface area contributed by atoms with E-state index >= 15 is 0 Å². The summed E-state index contributed by atoms with van der Waals surface area (Å²) < 4.78 is 16.1. The molecule has 0 fully saturated rings. The van der Waals surface area contributed by atoms with E-state index in [-0.39, 0.29) is 11.8 Å². The summed E-state index contributed by atoms with van der Waals surface area (Å²) in [6.07, 6.45) is 20.8. The smallest absolute Gasteiger partial charge is 0.227 e. The van der Waals surface area contributed by atoms with Crippen LogP contribution in [0.25, 0.3) is 0 Å². The molecule has 188 valence electrons. The topological polar surface area (TPSA) is 56.8 Å². The number of rotatable bonds is 19. The highest BCUT2D eigenvalue weighted by Gasteiger charge is 2.19. The number of ether oxygens (including phenoxy) is 3. The zero-order valence-corrected chi connectivity index (χ0v) is 21.7. The molecule has 1 amide bonds. The molecule has 1 N–H and O–H groups in total. The van der Waals surface area contributed by atoms with Crippen molar-refractivity contribution in [3.8, 4) is 17.2 Å². The standard InChI is InChI=1S/C28H47NO4/c1-6-7-8-9-10-11-12-13-14-15-16-17-18-19-20-23(2)28(30)29-27-25(32-4)21-24(31-3)22-26(27)33-5/h13-14,21-23H,6-12,15-20H2,1-5H3,(H,29,30)/b14-13+. The van der Waals surface area contributed by atoms with Gasteiger partial charge in [-0.25, -0.2) is 0 Å². The summed E-state index contributed by atoms with van der Waals surface area (Å²) >= 11 is 0. The molecule has 0 aliphatic heterocycles. The van der Waals surface area contributed by atoms with Crippen molar-refractivity contribution < 1.29 is 19.0 Å². The van der Waals surface area contributed by atoms with Gasteiger partial charge in [0.2, 0.25) is 5.91 Å². The van der Waals surface area contributed by atoms with Gasteiger partial charge >= 0.3 is 0 Å². The van der Waals surface area contributed by atoms with Crippen LogP contribution in [0, 0.1) is 5.92 Å². The molecule has 1 aromatic rings. The van der Waals surface area contributed by atoms with E-state index in [0.29, 0.717) is 22.9 Å². The van der Waals surface area contributed by atoms with E-state index in [9.17, 15) is 4.79 Å². The van der Waals surface area contributed by atoms with Gasteiger partial charge in [-0.1, -0.05) is 77.4 Å². The molecule has 0 saturated heterocycles. The predicted octanol–water partition coefficient (Wildman–Crippen LogP) is 7.93. The van der Waals surface area contributed by atoms with Crippen molar-refractivity contribution in [2.45, 2.75) is 97.3 Å². The summed E-state index contributed by atoms with van der Waals surface area (Å²) in [6.45, 7) is 4.24. The van der Waals surface area contributed by atoms with Crippen LogP contribution in [-0.2, 0) is 4.79 Å². The molecule has 33 heavy (non-hydrogen) atoms. The third-order valence-electron chi connectivity index (χ3n) is 6.06. The lowest BCUT2D eigenvalue weighted by Crippen LogP contribution is -2.21. The molecular formula is C28H47NO4. The van der Waals surface area contributed by atoms with E-state index in [1.54, 1.807) is 33.5 Å². The number of carbonyl (C=O) groups is 1. The number of anilines is 1. The molecule has 0 aromatic heterocycles. The second-order valence-corrected chi connectivity index (χ2v) is 8.82. The second-order valence-electron chi connectivity index (χ2n) is 8.82. The SMILES string of the molecule is CCCCCCCC/C=C/CCCCCCC(C)C(=O)Nc1c(OC)cc(OC)cc1OC. The lowest BCUT2D eigenvalue weighted by molar-refractivity contribution is -0.119. The molecular weight excluding hydrogens is 414 g/mol. The Morgan fingerprint density at radius 3 is 1.85 bits per heavy atom. The number of benzene rings is 1. The number of carbonyl (C=O) groups excluding carboxylic acids is 1. The van der Waals surface area contributed by atoms with Crippen LogP contribution in [0.15, 0.2) is 24.3 Å². The minimum absolute atomic E-state index is 0.0191. The molecule has 1 rings (SSSR count). The van der Waals surface area contributed by atoms with Crippen LogP contribution >= 0.6 is 0 Å². The Hall–Kier alpha value is -2.17. The maximum atomic E-state index is 12.7. The van der Waals surface area contributed by atoms with Crippen LogP contribution in [0.3, 0.4) is 0 Å². The van der Waals surface area contributed by atoms with E-state index < -0.39 is 0 Å². The van der Waals surface area contributed by atoms with Crippen LogP contribution in [0.1, 0.15) is 97.3 Å². The molecule has 0 aliphatic rings. The van der Waals surface area contributed by atoms with Crippen molar-refractivity contribution in [2.24, 2.45) is 5.92 Å². The molecule has 5 heteroatoms. The van der Waals surface area contributed by atoms with Gasteiger partial charge in [-0.2, -0.15) is 0 Å². The molecule has 0 saturated carbocycles. The number of hydrogen-bond donors (Lipinski definition) is 1. The van der Waals surface area contributed by atoms with Gasteiger partial charge in [0, 0.05) is 18.1 Å². The monoisotopic (exact) mass is 461 g/mol. The zero-order chi connectivity index (χ0) is 24.3. The van der Waals surface area contributed by atoms with Crippen molar-refractivity contribution in [1.29, 1.82) is 0 Å². The molecule has 1 unspecified atom stereocenters. The van der Waals surface area contributed by atoms with E-state index in [2.05, 4.69) is 24.4 Å². The third-order valence-corrected chi connectivity index (χ3v) is 6.06. The first-order valence-corrected chi connectivity index (χ1v) is 12.8. The van der Waals surface area contributed by atoms with Gasteiger partial charge in [0.15, 0.2) is 0 Å². The normalized spacial score (nSPS) is 12.0.